The van der Waals surface area contributed by atoms with Gasteiger partial charge in [0.05, 0.1) is 0 Å². The van der Waals surface area contributed by atoms with Gasteiger partial charge in [-0.1, -0.05) is 18.7 Å². The molecule has 3 aromatic rings. The number of nitrogen functional groups attached to an aromatic ring is 1. The smallest absolute Gasteiger partial charge is 0.245 e. The van der Waals surface area contributed by atoms with Crippen molar-refractivity contribution in [3.63, 3.8) is 0 Å². The number of nitrogens with one attached hydrogen (secondary N) is 2. The summed E-state index contributed by atoms with van der Waals surface area (Å²) < 4.78 is 0. The Balaban J connectivity index is 0.000000448. The lowest BCUT2D eigenvalue weighted by Crippen LogP contribution is -2.26. The SMILES string of the molecule is C=CC(=O)N1CCC(c2cc(/C=C(\N)c3ccccc3O)c(N)[nH]2)C1.c1cn[nH]c1. The number of phenols is 1. The summed E-state index contributed by atoms with van der Waals surface area (Å²) in [6, 6.07) is 10.7. The Morgan fingerprint density at radius 2 is 2.13 bits per heavy atom. The van der Waals surface area contributed by atoms with Gasteiger partial charge in [-0.2, -0.15) is 5.10 Å². The molecule has 0 aliphatic carbocycles. The van der Waals surface area contributed by atoms with Crippen molar-refractivity contribution in [3.05, 3.63) is 78.3 Å². The summed E-state index contributed by atoms with van der Waals surface area (Å²) in [5, 5.41) is 16.1. The third kappa shape index (κ3) is 4.91. The van der Waals surface area contributed by atoms with Crippen molar-refractivity contribution in [1.29, 1.82) is 0 Å². The Morgan fingerprint density at radius 3 is 2.77 bits per heavy atom. The fourth-order valence-electron chi connectivity index (χ4n) is 3.37. The van der Waals surface area contributed by atoms with E-state index in [0.717, 1.165) is 17.7 Å². The average molecular weight is 406 g/mol. The van der Waals surface area contributed by atoms with E-state index in [1.54, 1.807) is 41.6 Å². The highest BCUT2D eigenvalue weighted by atomic mass is 16.3. The number of aromatic hydroxyl groups is 1. The van der Waals surface area contributed by atoms with Crippen LogP contribution in [0, 0.1) is 0 Å². The summed E-state index contributed by atoms with van der Waals surface area (Å²) in [5.74, 6) is 0.799. The predicted octanol–water partition coefficient (Wildman–Crippen LogP) is 2.67. The summed E-state index contributed by atoms with van der Waals surface area (Å²) in [6.45, 7) is 4.88. The number of para-hydroxylation sites is 1. The van der Waals surface area contributed by atoms with Gasteiger partial charge in [0, 0.05) is 53.9 Å². The van der Waals surface area contributed by atoms with Crippen LogP contribution in [0.2, 0.25) is 0 Å². The maximum absolute atomic E-state index is 11.7. The van der Waals surface area contributed by atoms with Crippen molar-refractivity contribution in [2.45, 2.75) is 12.3 Å². The summed E-state index contributed by atoms with van der Waals surface area (Å²) in [4.78, 5) is 16.7. The van der Waals surface area contributed by atoms with Crippen LogP contribution in [0.15, 0.2) is 61.4 Å². The number of H-pyrrole nitrogens is 2. The number of rotatable bonds is 4. The number of hydrogen-bond acceptors (Lipinski definition) is 5. The van der Waals surface area contributed by atoms with Crippen molar-refractivity contribution in [1.82, 2.24) is 20.1 Å². The van der Waals surface area contributed by atoms with Crippen molar-refractivity contribution in [2.24, 2.45) is 5.73 Å². The number of aromatic nitrogens is 3. The molecule has 8 heteroatoms. The van der Waals surface area contributed by atoms with Crippen LogP contribution in [-0.2, 0) is 4.79 Å². The molecule has 1 aliphatic rings. The molecule has 8 nitrogen and oxygen atoms in total. The maximum atomic E-state index is 11.7. The van der Waals surface area contributed by atoms with Crippen molar-refractivity contribution < 1.29 is 9.90 Å². The Morgan fingerprint density at radius 1 is 1.33 bits per heavy atom. The molecule has 156 valence electrons. The van der Waals surface area contributed by atoms with Gasteiger partial charge in [0.15, 0.2) is 0 Å². The second kappa shape index (κ2) is 9.51. The standard InChI is InChI=1S/C19H22N4O2.C3H4N2/c1-2-18(25)23-8-7-12(11-23)16-10-13(19(21)22-16)9-15(20)14-5-3-4-6-17(14)24;1-2-4-5-3-1/h2-6,9-10,12,22,24H,1,7-8,11,20-21H2;1-3H,(H,4,5)/b15-9-;. The molecule has 1 saturated heterocycles. The number of nitrogens with two attached hydrogens (primary N) is 2. The molecule has 2 aromatic heterocycles. The first-order valence-corrected chi connectivity index (χ1v) is 9.58. The van der Waals surface area contributed by atoms with E-state index in [1.165, 1.54) is 6.08 Å². The maximum Gasteiger partial charge on any atom is 0.245 e. The summed E-state index contributed by atoms with van der Waals surface area (Å²) in [7, 11) is 0. The van der Waals surface area contributed by atoms with E-state index in [1.807, 2.05) is 18.2 Å². The Kier molecular flexibility index (Phi) is 6.59. The molecule has 7 N–H and O–H groups in total. The van der Waals surface area contributed by atoms with Crippen LogP contribution >= 0.6 is 0 Å². The normalized spacial score (nSPS) is 16.1. The number of anilines is 1. The highest BCUT2D eigenvalue weighted by Gasteiger charge is 2.27. The number of phenolic OH excluding ortho intramolecular Hbond substituents is 1. The fraction of sp³-hybridized carbons (Fsp3) is 0.182. The number of carbonyl (C=O) groups is 1. The molecule has 4 rings (SSSR count). The minimum Gasteiger partial charge on any atom is -0.507 e. The van der Waals surface area contributed by atoms with Gasteiger partial charge < -0.3 is 26.5 Å². The third-order valence-corrected chi connectivity index (χ3v) is 4.95. The van der Waals surface area contributed by atoms with E-state index in [-0.39, 0.29) is 17.6 Å². The lowest BCUT2D eigenvalue weighted by Gasteiger charge is -2.13. The van der Waals surface area contributed by atoms with Gasteiger partial charge in [-0.15, -0.1) is 0 Å². The highest BCUT2D eigenvalue weighted by Crippen LogP contribution is 2.31. The van der Waals surface area contributed by atoms with Gasteiger partial charge in [0.1, 0.15) is 11.6 Å². The molecule has 0 bridgehead atoms. The minimum absolute atomic E-state index is 0.0501. The molecule has 1 atom stereocenters. The van der Waals surface area contributed by atoms with Crippen molar-refractivity contribution in [2.75, 3.05) is 18.8 Å². The zero-order valence-electron chi connectivity index (χ0n) is 16.6. The quantitative estimate of drug-likeness (QED) is 0.424. The second-order valence-electron chi connectivity index (χ2n) is 6.95. The van der Waals surface area contributed by atoms with E-state index in [0.29, 0.717) is 30.2 Å². The molecule has 1 amide bonds. The first kappa shape index (κ1) is 20.8. The number of hydrogen-bond donors (Lipinski definition) is 5. The second-order valence-corrected chi connectivity index (χ2v) is 6.95. The summed E-state index contributed by atoms with van der Waals surface area (Å²) >= 11 is 0. The van der Waals surface area contributed by atoms with Gasteiger partial charge in [-0.05, 0) is 42.8 Å². The van der Waals surface area contributed by atoms with E-state index >= 15 is 0 Å². The summed E-state index contributed by atoms with van der Waals surface area (Å²) in [6.07, 6.45) is 7.41. The third-order valence-electron chi connectivity index (χ3n) is 4.95. The van der Waals surface area contributed by atoms with Gasteiger partial charge in [0.2, 0.25) is 5.91 Å². The molecule has 3 heterocycles. The van der Waals surface area contributed by atoms with Crippen LogP contribution < -0.4 is 11.5 Å². The summed E-state index contributed by atoms with van der Waals surface area (Å²) in [5.41, 5.74) is 14.9. The molecule has 1 fully saturated rings. The van der Waals surface area contributed by atoms with Gasteiger partial charge >= 0.3 is 0 Å². The largest absolute Gasteiger partial charge is 0.507 e. The highest BCUT2D eigenvalue weighted by molar-refractivity contribution is 5.87. The zero-order chi connectivity index (χ0) is 21.5. The van der Waals surface area contributed by atoms with Crippen LogP contribution in [0.5, 0.6) is 5.75 Å². The lowest BCUT2D eigenvalue weighted by molar-refractivity contribution is -0.125. The number of amides is 1. The van der Waals surface area contributed by atoms with Crippen LogP contribution in [0.4, 0.5) is 5.82 Å². The first-order chi connectivity index (χ1) is 14.5. The molecule has 30 heavy (non-hydrogen) atoms. The minimum atomic E-state index is -0.0501. The fourth-order valence-corrected chi connectivity index (χ4v) is 3.37. The van der Waals surface area contributed by atoms with Crippen LogP contribution in [0.1, 0.15) is 29.2 Å². The number of likely N-dealkylation sites (tertiary alicyclic amines) is 1. The molecular formula is C22H26N6O2. The van der Waals surface area contributed by atoms with E-state index in [2.05, 4.69) is 21.8 Å². The molecule has 1 aliphatic heterocycles. The molecule has 1 aromatic carbocycles. The van der Waals surface area contributed by atoms with E-state index in [4.69, 9.17) is 11.5 Å². The van der Waals surface area contributed by atoms with Crippen LogP contribution in [0.3, 0.4) is 0 Å². The topological polar surface area (TPSA) is 137 Å². The number of nitrogens with zero attached hydrogens (tertiary/aromatic N) is 2. The first-order valence-electron chi connectivity index (χ1n) is 9.58. The average Bonchev–Trinajstić information content (AvgIpc) is 3.51. The zero-order valence-corrected chi connectivity index (χ0v) is 16.6. The number of benzene rings is 1. The molecule has 0 spiro atoms. The Bertz CT molecular complexity index is 1000. The Labute approximate surface area is 174 Å². The molecular weight excluding hydrogens is 380 g/mol. The van der Waals surface area contributed by atoms with Gasteiger partial charge in [-0.3, -0.25) is 9.89 Å². The van der Waals surface area contributed by atoms with Crippen LogP contribution in [0.25, 0.3) is 11.8 Å². The lowest BCUT2D eigenvalue weighted by atomic mass is 10.0. The van der Waals surface area contributed by atoms with Gasteiger partial charge in [0.25, 0.3) is 0 Å². The van der Waals surface area contributed by atoms with Gasteiger partial charge in [-0.25, -0.2) is 0 Å². The molecule has 0 saturated carbocycles. The van der Waals surface area contributed by atoms with Crippen LogP contribution in [-0.4, -0.2) is 44.2 Å². The molecule has 0 radical (unpaired) electrons. The Hall–Kier alpha value is -3.94. The van der Waals surface area contributed by atoms with Crippen molar-refractivity contribution >= 4 is 23.5 Å². The number of carbonyl (C=O) groups excluding carboxylic acids is 1. The van der Waals surface area contributed by atoms with E-state index in [9.17, 15) is 9.90 Å². The predicted molar refractivity (Wildman–Crippen MR) is 118 cm³/mol. The number of aromatic amines is 2. The van der Waals surface area contributed by atoms with Crippen molar-refractivity contribution in [3.8, 4) is 5.75 Å². The monoisotopic (exact) mass is 406 g/mol. The molecule has 1 unspecified atom stereocenters. The van der Waals surface area contributed by atoms with E-state index < -0.39 is 0 Å².